The molecule has 17 heteroatoms. The number of nitrogens with zero attached hydrogens (tertiary/aromatic N) is 3. The van der Waals surface area contributed by atoms with Gasteiger partial charge in [0.15, 0.2) is 0 Å². The summed E-state index contributed by atoms with van der Waals surface area (Å²) in [5.41, 5.74) is -0.228. The molecule has 1 aromatic rings. The third-order valence-corrected chi connectivity index (χ3v) is 15.3. The lowest BCUT2D eigenvalue weighted by molar-refractivity contribution is -0.145. The van der Waals surface area contributed by atoms with E-state index in [0.717, 1.165) is 49.9 Å². The van der Waals surface area contributed by atoms with Crippen LogP contribution >= 0.6 is 0 Å². The number of urea groups is 1. The zero-order chi connectivity index (χ0) is 44.9. The quantitative estimate of drug-likeness (QED) is 0.124. The summed E-state index contributed by atoms with van der Waals surface area (Å²) >= 11 is 0. The van der Waals surface area contributed by atoms with Gasteiger partial charge in [0.1, 0.15) is 18.7 Å². The maximum atomic E-state index is 14.9. The number of ketones is 1. The molecule has 338 valence electrons. The van der Waals surface area contributed by atoms with Gasteiger partial charge < -0.3 is 30.9 Å². The van der Waals surface area contributed by atoms with E-state index >= 15 is 0 Å². The summed E-state index contributed by atoms with van der Waals surface area (Å²) in [6.07, 6.45) is 7.67. The summed E-state index contributed by atoms with van der Waals surface area (Å²) in [6.45, 7) is 13.3. The molecule has 0 radical (unpaired) electrons. The number of likely N-dealkylation sites (N-methyl/N-ethyl adjacent to an activating group) is 1. The number of benzene rings is 1. The van der Waals surface area contributed by atoms with Gasteiger partial charge in [-0.15, -0.1) is 6.58 Å². The van der Waals surface area contributed by atoms with Crippen molar-refractivity contribution in [3.8, 4) is 0 Å². The smallest absolute Gasteiger partial charge is 0.424 e. The minimum absolute atomic E-state index is 0.0289. The third-order valence-electron chi connectivity index (χ3n) is 13.5. The van der Waals surface area contributed by atoms with Gasteiger partial charge in [-0.3, -0.25) is 19.2 Å². The number of amides is 6. The first kappa shape index (κ1) is 47.5. The average molecular weight is 870 g/mol. The Morgan fingerprint density at radius 2 is 1.61 bits per heavy atom. The van der Waals surface area contributed by atoms with Gasteiger partial charge in [0, 0.05) is 39.8 Å². The topological polar surface area (TPSA) is 204 Å². The number of nitrogens with one attached hydrogen (secondary N) is 4. The molecule has 4 fully saturated rings. The number of rotatable bonds is 18. The zero-order valence-corrected chi connectivity index (χ0v) is 37.7. The van der Waals surface area contributed by atoms with Gasteiger partial charge in [-0.1, -0.05) is 110 Å². The summed E-state index contributed by atoms with van der Waals surface area (Å²) < 4.78 is 33.9. The van der Waals surface area contributed by atoms with E-state index in [1.54, 1.807) is 29.2 Å². The molecule has 6 atom stereocenters. The Labute approximate surface area is 361 Å². The van der Waals surface area contributed by atoms with Crippen molar-refractivity contribution in [1.82, 2.24) is 34.8 Å². The van der Waals surface area contributed by atoms with Crippen LogP contribution in [0, 0.1) is 34.5 Å². The van der Waals surface area contributed by atoms with E-state index in [0.29, 0.717) is 35.7 Å². The van der Waals surface area contributed by atoms with Crippen LogP contribution in [0.5, 0.6) is 0 Å². The number of likely N-dealkylation sites (tertiary alicyclic amines) is 1. The molecule has 1 heterocycles. The highest BCUT2D eigenvalue weighted by Crippen LogP contribution is 2.65. The summed E-state index contributed by atoms with van der Waals surface area (Å²) in [5.74, 6) is -2.57. The molecular weight excluding hydrogens is 803 g/mol. The summed E-state index contributed by atoms with van der Waals surface area (Å²) in [5, 5.41) is 11.3. The lowest BCUT2D eigenvalue weighted by Gasteiger charge is -2.38. The van der Waals surface area contributed by atoms with Crippen LogP contribution < -0.4 is 21.3 Å². The Bertz CT molecular complexity index is 1890. The van der Waals surface area contributed by atoms with Crippen molar-refractivity contribution in [2.24, 2.45) is 34.5 Å². The number of piperidine rings is 1. The molecule has 1 aliphatic heterocycles. The first-order chi connectivity index (χ1) is 28.7. The molecule has 6 amide bonds. The van der Waals surface area contributed by atoms with Crippen molar-refractivity contribution in [1.29, 1.82) is 0 Å². The second-order valence-electron chi connectivity index (χ2n) is 19.1. The minimum atomic E-state index is -4.38. The van der Waals surface area contributed by atoms with Crippen LogP contribution in [0.4, 0.5) is 9.59 Å². The van der Waals surface area contributed by atoms with Crippen LogP contribution in [0.25, 0.3) is 0 Å². The van der Waals surface area contributed by atoms with Crippen LogP contribution in [-0.2, 0) is 40.7 Å². The fourth-order valence-corrected chi connectivity index (χ4v) is 10.1. The fraction of sp³-hybridized carbons (Fsp3) is 0.682. The third kappa shape index (κ3) is 11.3. The number of carbonyl (C=O) groups excluding carboxylic acids is 6. The highest BCUT2D eigenvalue weighted by molar-refractivity contribution is 7.87. The van der Waals surface area contributed by atoms with Crippen LogP contribution in [-0.4, -0.2) is 115 Å². The molecule has 1 aromatic carbocycles. The van der Waals surface area contributed by atoms with Crippen molar-refractivity contribution in [2.75, 3.05) is 33.7 Å². The largest absolute Gasteiger partial charge is 0.444 e. The van der Waals surface area contributed by atoms with E-state index in [2.05, 4.69) is 41.7 Å². The molecule has 4 N–H and O–H groups in total. The highest BCUT2D eigenvalue weighted by atomic mass is 32.2. The Morgan fingerprint density at radius 3 is 2.20 bits per heavy atom. The molecule has 3 aliphatic carbocycles. The summed E-state index contributed by atoms with van der Waals surface area (Å²) in [4.78, 5) is 83.9. The molecular formula is C44H67N7O9S. The number of ether oxygens (including phenoxy) is 1. The molecule has 0 spiro atoms. The number of hydrogen-bond acceptors (Lipinski definition) is 9. The monoisotopic (exact) mass is 869 g/mol. The second-order valence-corrected chi connectivity index (χ2v) is 21.1. The maximum Gasteiger partial charge on any atom is 0.424 e. The van der Waals surface area contributed by atoms with Crippen LogP contribution in [0.15, 0.2) is 43.0 Å². The maximum absolute atomic E-state index is 14.9. The Hall–Kier alpha value is -4.51. The molecule has 16 nitrogen and oxygen atoms in total. The molecule has 1 saturated heterocycles. The number of Topliss-reactive ketones (excluding diaryl/α,β-unsaturated/α-hetero) is 1. The minimum Gasteiger partial charge on any atom is -0.444 e. The van der Waals surface area contributed by atoms with Gasteiger partial charge in [-0.05, 0) is 59.3 Å². The molecule has 5 rings (SSSR count). The van der Waals surface area contributed by atoms with Crippen molar-refractivity contribution < 1.29 is 41.9 Å². The van der Waals surface area contributed by atoms with E-state index in [9.17, 15) is 37.2 Å². The molecule has 3 saturated carbocycles. The molecule has 4 aliphatic rings. The standard InChI is InChI=1S/C44H67N7O9S/c1-9-23-45-39(54)37(52)32(24-28-19-16-20-28)46-38(53)36-34-31(44(34,5)6)25-51(36)40(55)35(30-21-14-11-15-22-30)48-41(56)47-33(43(2,3)4)26-49(7)61(58,59)50(8)42(57)60-27-29-17-12-10-13-18-29/h9-10,12-13,17-18,28,30-36H,1,11,14-16,19-27H2,2-8H3,(H,45,54)(H,46,53)(H2,47,48,56)/t31-,32?,33+,34-,35-,36-/m0/s1. The first-order valence-electron chi connectivity index (χ1n) is 21.7. The number of hydrogen-bond donors (Lipinski definition) is 4. The lowest BCUT2D eigenvalue weighted by Crippen LogP contribution is -2.62. The zero-order valence-electron chi connectivity index (χ0n) is 36.9. The van der Waals surface area contributed by atoms with E-state index in [4.69, 9.17) is 4.74 Å². The SMILES string of the molecule is C=CCNC(=O)C(=O)C(CC1CCC1)NC(=O)[C@@H]1[C@@H]2[C@H](CN1C(=O)[C@@H](NC(=O)N[C@H](CN(C)S(=O)(=O)N(C)C(=O)OCc1ccccc1)C(C)(C)C)C1CCCCC1)C2(C)C. The van der Waals surface area contributed by atoms with E-state index < -0.39 is 75.4 Å². The van der Waals surface area contributed by atoms with E-state index in [1.165, 1.54) is 13.1 Å². The van der Waals surface area contributed by atoms with E-state index in [-0.39, 0.29) is 48.8 Å². The number of carbonyl (C=O) groups is 6. The first-order valence-corrected chi connectivity index (χ1v) is 23.1. The van der Waals surface area contributed by atoms with Crippen molar-refractivity contribution in [2.45, 2.75) is 123 Å². The van der Waals surface area contributed by atoms with Gasteiger partial charge in [0.2, 0.25) is 17.6 Å². The van der Waals surface area contributed by atoms with Crippen LogP contribution in [0.3, 0.4) is 0 Å². The Kier molecular flexibility index (Phi) is 15.3. The van der Waals surface area contributed by atoms with Gasteiger partial charge >= 0.3 is 22.3 Å². The van der Waals surface area contributed by atoms with Crippen molar-refractivity contribution >= 4 is 45.8 Å². The molecule has 0 aromatic heterocycles. The Morgan fingerprint density at radius 1 is 0.951 bits per heavy atom. The molecule has 61 heavy (non-hydrogen) atoms. The van der Waals surface area contributed by atoms with Crippen LogP contribution in [0.2, 0.25) is 0 Å². The second kappa shape index (κ2) is 19.7. The van der Waals surface area contributed by atoms with Crippen LogP contribution in [0.1, 0.15) is 98.0 Å². The summed E-state index contributed by atoms with van der Waals surface area (Å²) in [6, 6.07) is 4.47. The van der Waals surface area contributed by atoms with Gasteiger partial charge in [0.05, 0.1) is 6.04 Å². The van der Waals surface area contributed by atoms with Crippen molar-refractivity contribution in [3.63, 3.8) is 0 Å². The summed E-state index contributed by atoms with van der Waals surface area (Å²) in [7, 11) is -1.96. The van der Waals surface area contributed by atoms with Gasteiger partial charge in [-0.2, -0.15) is 17.0 Å². The number of fused-ring (bicyclic) bond motifs is 1. The van der Waals surface area contributed by atoms with Crippen molar-refractivity contribution in [3.05, 3.63) is 48.6 Å². The highest BCUT2D eigenvalue weighted by Gasteiger charge is 2.70. The molecule has 0 bridgehead atoms. The lowest BCUT2D eigenvalue weighted by atomic mass is 9.80. The predicted molar refractivity (Wildman–Crippen MR) is 230 cm³/mol. The normalized spacial score (nSPS) is 22.7. The van der Waals surface area contributed by atoms with E-state index in [1.807, 2.05) is 26.8 Å². The van der Waals surface area contributed by atoms with Gasteiger partial charge in [0.25, 0.3) is 5.91 Å². The fourth-order valence-electron chi connectivity index (χ4n) is 9.14. The van der Waals surface area contributed by atoms with Gasteiger partial charge in [-0.25, -0.2) is 9.59 Å². The molecule has 1 unspecified atom stereocenters. The average Bonchev–Trinajstić information content (AvgIpc) is 3.50. The Balaban J connectivity index is 1.31. The predicted octanol–water partition coefficient (Wildman–Crippen LogP) is 4.12.